The summed E-state index contributed by atoms with van der Waals surface area (Å²) in [6, 6.07) is 15.4. The lowest BCUT2D eigenvalue weighted by molar-refractivity contribution is 0.0791. The van der Waals surface area contributed by atoms with E-state index in [9.17, 15) is 4.79 Å². The van der Waals surface area contributed by atoms with Gasteiger partial charge in [0.2, 0.25) is 0 Å². The number of hydrogen-bond donors (Lipinski definition) is 1. The van der Waals surface area contributed by atoms with Gasteiger partial charge in [-0.15, -0.1) is 0 Å². The van der Waals surface area contributed by atoms with Crippen LogP contribution in [0.4, 0.5) is 0 Å². The molecule has 2 N–H and O–H groups in total. The van der Waals surface area contributed by atoms with Gasteiger partial charge >= 0.3 is 0 Å². The average Bonchev–Trinajstić information content (AvgIpc) is 3.00. The maximum Gasteiger partial charge on any atom is 0.253 e. The van der Waals surface area contributed by atoms with Gasteiger partial charge in [-0.3, -0.25) is 4.79 Å². The van der Waals surface area contributed by atoms with Crippen LogP contribution in [0, 0.1) is 0 Å². The first kappa shape index (κ1) is 16.0. The molecule has 120 valence electrons. The molecule has 0 spiro atoms. The van der Waals surface area contributed by atoms with Gasteiger partial charge in [0.05, 0.1) is 4.47 Å². The molecule has 1 amide bonds. The molecule has 0 saturated carbocycles. The number of halogens is 1. The lowest BCUT2D eigenvalue weighted by Crippen LogP contribution is -2.31. The first-order valence-corrected chi connectivity index (χ1v) is 8.44. The second-order valence-corrected chi connectivity index (χ2v) is 6.57. The molecular formula is C18H19BrN2O2. The highest BCUT2D eigenvalue weighted by molar-refractivity contribution is 9.10. The third kappa shape index (κ3) is 3.92. The minimum Gasteiger partial charge on any atom is -0.488 e. The van der Waals surface area contributed by atoms with Crippen molar-refractivity contribution in [1.29, 1.82) is 0 Å². The Hall–Kier alpha value is -1.85. The van der Waals surface area contributed by atoms with Crippen molar-refractivity contribution in [3.05, 3.63) is 64.1 Å². The molecule has 1 aliphatic rings. The van der Waals surface area contributed by atoms with Crippen molar-refractivity contribution < 1.29 is 9.53 Å². The molecule has 0 aliphatic carbocycles. The molecule has 1 saturated heterocycles. The van der Waals surface area contributed by atoms with Gasteiger partial charge < -0.3 is 15.4 Å². The molecule has 0 aromatic heterocycles. The molecule has 0 bridgehead atoms. The Labute approximate surface area is 144 Å². The maximum absolute atomic E-state index is 12.4. The van der Waals surface area contributed by atoms with E-state index in [-0.39, 0.29) is 11.9 Å². The molecular weight excluding hydrogens is 356 g/mol. The number of rotatable bonds is 4. The number of carbonyl (C=O) groups is 1. The predicted octanol–water partition coefficient (Wildman–Crippen LogP) is 3.20. The number of benzene rings is 2. The van der Waals surface area contributed by atoms with Crippen LogP contribution in [0.25, 0.3) is 0 Å². The smallest absolute Gasteiger partial charge is 0.253 e. The van der Waals surface area contributed by atoms with Crippen molar-refractivity contribution in [2.24, 2.45) is 5.73 Å². The molecule has 3 rings (SSSR count). The maximum atomic E-state index is 12.4. The van der Waals surface area contributed by atoms with Crippen molar-refractivity contribution in [3.63, 3.8) is 0 Å². The molecule has 1 unspecified atom stereocenters. The van der Waals surface area contributed by atoms with Gasteiger partial charge in [0.25, 0.3) is 5.91 Å². The fourth-order valence-electron chi connectivity index (χ4n) is 2.62. The van der Waals surface area contributed by atoms with Gasteiger partial charge in [-0.05, 0) is 52.2 Å². The summed E-state index contributed by atoms with van der Waals surface area (Å²) in [5.41, 5.74) is 7.58. The number of nitrogens with zero attached hydrogens (tertiary/aromatic N) is 1. The minimum atomic E-state index is 0.0521. The highest BCUT2D eigenvalue weighted by Gasteiger charge is 2.24. The van der Waals surface area contributed by atoms with Gasteiger partial charge in [-0.1, -0.05) is 24.3 Å². The van der Waals surface area contributed by atoms with Gasteiger partial charge in [0, 0.05) is 24.7 Å². The Bertz CT molecular complexity index is 688. The molecule has 1 aliphatic heterocycles. The zero-order valence-electron chi connectivity index (χ0n) is 12.7. The number of likely N-dealkylation sites (tertiary alicyclic amines) is 1. The number of amides is 1. The van der Waals surface area contributed by atoms with Crippen LogP contribution < -0.4 is 10.5 Å². The van der Waals surface area contributed by atoms with Gasteiger partial charge in [-0.25, -0.2) is 0 Å². The van der Waals surface area contributed by atoms with Gasteiger partial charge in [0.15, 0.2) is 0 Å². The Morgan fingerprint density at radius 3 is 2.61 bits per heavy atom. The SMILES string of the molecule is NC1CCN(C(=O)c2ccc(COc3ccccc3Br)cc2)C1. The summed E-state index contributed by atoms with van der Waals surface area (Å²) in [6.07, 6.45) is 0.879. The molecule has 0 radical (unpaired) electrons. The van der Waals surface area contributed by atoms with Crippen molar-refractivity contribution in [2.75, 3.05) is 13.1 Å². The van der Waals surface area contributed by atoms with Crippen LogP contribution in [0.15, 0.2) is 53.0 Å². The summed E-state index contributed by atoms with van der Waals surface area (Å²) in [5.74, 6) is 0.856. The Kier molecular flexibility index (Phi) is 4.98. The number of nitrogens with two attached hydrogens (primary N) is 1. The number of hydrogen-bond acceptors (Lipinski definition) is 3. The van der Waals surface area contributed by atoms with Crippen molar-refractivity contribution in [2.45, 2.75) is 19.1 Å². The van der Waals surface area contributed by atoms with E-state index in [2.05, 4.69) is 15.9 Å². The minimum absolute atomic E-state index is 0.0521. The molecule has 4 nitrogen and oxygen atoms in total. The molecule has 1 heterocycles. The van der Waals surface area contributed by atoms with E-state index in [4.69, 9.17) is 10.5 Å². The van der Waals surface area contributed by atoms with E-state index >= 15 is 0 Å². The molecule has 1 atom stereocenters. The second kappa shape index (κ2) is 7.15. The molecule has 23 heavy (non-hydrogen) atoms. The molecule has 2 aromatic carbocycles. The Morgan fingerprint density at radius 2 is 1.96 bits per heavy atom. The Balaban J connectivity index is 1.61. The van der Waals surface area contributed by atoms with Gasteiger partial charge in [-0.2, -0.15) is 0 Å². The number of carbonyl (C=O) groups excluding carboxylic acids is 1. The third-order valence-corrected chi connectivity index (χ3v) is 4.60. The van der Waals surface area contributed by atoms with E-state index in [1.54, 1.807) is 0 Å². The lowest BCUT2D eigenvalue weighted by Gasteiger charge is -2.16. The van der Waals surface area contributed by atoms with Crippen LogP contribution in [0.3, 0.4) is 0 Å². The first-order chi connectivity index (χ1) is 11.1. The quantitative estimate of drug-likeness (QED) is 0.893. The normalized spacial score (nSPS) is 17.3. The van der Waals surface area contributed by atoms with E-state index in [1.165, 1.54) is 0 Å². The highest BCUT2D eigenvalue weighted by Crippen LogP contribution is 2.24. The summed E-state index contributed by atoms with van der Waals surface area (Å²) in [7, 11) is 0. The van der Waals surface area contributed by atoms with Crippen molar-refractivity contribution in [1.82, 2.24) is 4.90 Å². The molecule has 5 heteroatoms. The van der Waals surface area contributed by atoms with Crippen LogP contribution in [0.2, 0.25) is 0 Å². The summed E-state index contributed by atoms with van der Waals surface area (Å²) >= 11 is 3.46. The zero-order valence-corrected chi connectivity index (χ0v) is 14.3. The highest BCUT2D eigenvalue weighted by atomic mass is 79.9. The summed E-state index contributed by atoms with van der Waals surface area (Å²) in [4.78, 5) is 14.2. The van der Waals surface area contributed by atoms with E-state index in [0.29, 0.717) is 18.7 Å². The molecule has 1 fully saturated rings. The monoisotopic (exact) mass is 374 g/mol. The average molecular weight is 375 g/mol. The Morgan fingerprint density at radius 1 is 1.22 bits per heavy atom. The first-order valence-electron chi connectivity index (χ1n) is 7.64. The summed E-state index contributed by atoms with van der Waals surface area (Å²) in [6.45, 7) is 1.85. The van der Waals surface area contributed by atoms with Crippen molar-refractivity contribution in [3.8, 4) is 5.75 Å². The fourth-order valence-corrected chi connectivity index (χ4v) is 3.02. The summed E-state index contributed by atoms with van der Waals surface area (Å²) < 4.78 is 6.71. The van der Waals surface area contributed by atoms with Crippen LogP contribution in [0.1, 0.15) is 22.3 Å². The summed E-state index contributed by atoms with van der Waals surface area (Å²) in [5, 5.41) is 0. The topological polar surface area (TPSA) is 55.6 Å². The van der Waals surface area contributed by atoms with Crippen LogP contribution in [0.5, 0.6) is 5.75 Å². The van der Waals surface area contributed by atoms with Crippen LogP contribution in [-0.4, -0.2) is 29.9 Å². The zero-order chi connectivity index (χ0) is 16.2. The largest absolute Gasteiger partial charge is 0.488 e. The fraction of sp³-hybridized carbons (Fsp3) is 0.278. The predicted molar refractivity (Wildman–Crippen MR) is 93.4 cm³/mol. The number of ether oxygens (including phenoxy) is 1. The van der Waals surface area contributed by atoms with Crippen LogP contribution >= 0.6 is 15.9 Å². The standard InChI is InChI=1S/C18H19BrN2O2/c19-16-3-1-2-4-17(16)23-12-13-5-7-14(8-6-13)18(22)21-10-9-15(20)11-21/h1-8,15H,9-12,20H2. The third-order valence-electron chi connectivity index (χ3n) is 3.94. The lowest BCUT2D eigenvalue weighted by atomic mass is 10.1. The van der Waals surface area contributed by atoms with Crippen LogP contribution in [-0.2, 0) is 6.61 Å². The van der Waals surface area contributed by atoms with E-state index in [1.807, 2.05) is 53.4 Å². The van der Waals surface area contributed by atoms with E-state index < -0.39 is 0 Å². The molecule has 2 aromatic rings. The van der Waals surface area contributed by atoms with Crippen molar-refractivity contribution >= 4 is 21.8 Å². The second-order valence-electron chi connectivity index (χ2n) is 5.72. The van der Waals surface area contributed by atoms with E-state index in [0.717, 1.165) is 28.8 Å². The number of para-hydroxylation sites is 1. The van der Waals surface area contributed by atoms with Gasteiger partial charge in [0.1, 0.15) is 12.4 Å².